The highest BCUT2D eigenvalue weighted by atomic mass is 35.5. The van der Waals surface area contributed by atoms with Crippen LogP contribution in [0.5, 0.6) is 0 Å². The Morgan fingerprint density at radius 2 is 2.14 bits per heavy atom. The molecule has 1 unspecified atom stereocenters. The minimum atomic E-state index is 0.00966. The van der Waals surface area contributed by atoms with Crippen molar-refractivity contribution in [3.63, 3.8) is 0 Å². The first-order valence-electron chi connectivity index (χ1n) is 9.49. The summed E-state index contributed by atoms with van der Waals surface area (Å²) in [4.78, 5) is 27.1. The van der Waals surface area contributed by atoms with E-state index < -0.39 is 0 Å². The van der Waals surface area contributed by atoms with Crippen molar-refractivity contribution in [3.05, 3.63) is 65.4 Å². The lowest BCUT2D eigenvalue weighted by atomic mass is 9.94. The van der Waals surface area contributed by atoms with Crippen LogP contribution < -0.4 is 0 Å². The molecule has 29 heavy (non-hydrogen) atoms. The Bertz CT molecular complexity index is 988. The molecule has 3 heterocycles. The van der Waals surface area contributed by atoms with Gasteiger partial charge in [-0.3, -0.25) is 9.78 Å². The van der Waals surface area contributed by atoms with Crippen molar-refractivity contribution in [3.8, 4) is 11.5 Å². The topological polar surface area (TPSA) is 85.0 Å². The minimum Gasteiger partial charge on any atom is -0.339 e. The molecule has 1 fully saturated rings. The van der Waals surface area contributed by atoms with Crippen LogP contribution in [0, 0.1) is 5.92 Å². The van der Waals surface area contributed by atoms with Gasteiger partial charge in [-0.25, -0.2) is 4.98 Å². The van der Waals surface area contributed by atoms with Crippen LogP contribution in [0.4, 0.5) is 0 Å². The molecule has 0 aliphatic carbocycles. The van der Waals surface area contributed by atoms with Gasteiger partial charge in [0.2, 0.25) is 17.6 Å². The number of rotatable bonds is 5. The quantitative estimate of drug-likeness (QED) is 0.597. The number of carbonyl (C=O) groups is 1. The van der Waals surface area contributed by atoms with E-state index in [9.17, 15) is 4.79 Å². The summed E-state index contributed by atoms with van der Waals surface area (Å²) in [5.41, 5.74) is 1.52. The molecule has 4 rings (SSSR count). The van der Waals surface area contributed by atoms with Gasteiger partial charge in [0.05, 0.1) is 6.20 Å². The van der Waals surface area contributed by atoms with Gasteiger partial charge in [0.1, 0.15) is 5.69 Å². The lowest BCUT2D eigenvalue weighted by molar-refractivity contribution is -0.127. The highest BCUT2D eigenvalue weighted by Gasteiger charge is 2.24. The number of amides is 1. The fraction of sp³-hybridized carbons (Fsp3) is 0.286. The van der Waals surface area contributed by atoms with Crippen molar-refractivity contribution >= 4 is 23.6 Å². The number of halogens is 1. The van der Waals surface area contributed by atoms with Gasteiger partial charge in [-0.2, -0.15) is 4.98 Å². The van der Waals surface area contributed by atoms with Gasteiger partial charge >= 0.3 is 0 Å². The third kappa shape index (κ3) is 5.06. The Hall–Kier alpha value is -3.06. The maximum Gasteiger partial charge on any atom is 0.246 e. The zero-order valence-corrected chi connectivity index (χ0v) is 16.5. The summed E-state index contributed by atoms with van der Waals surface area (Å²) < 4.78 is 5.38. The summed E-state index contributed by atoms with van der Waals surface area (Å²) >= 11 is 5.89. The molecule has 1 amide bonds. The Morgan fingerprint density at radius 1 is 1.28 bits per heavy atom. The zero-order valence-electron chi connectivity index (χ0n) is 15.7. The van der Waals surface area contributed by atoms with Crippen LogP contribution >= 0.6 is 11.6 Å². The minimum absolute atomic E-state index is 0.00966. The van der Waals surface area contributed by atoms with Crippen LogP contribution in [0.1, 0.15) is 24.3 Å². The smallest absolute Gasteiger partial charge is 0.246 e. The Balaban J connectivity index is 1.35. The molecule has 148 valence electrons. The molecule has 3 aromatic rings. The number of benzene rings is 1. The molecule has 0 radical (unpaired) electrons. The van der Waals surface area contributed by atoms with Crippen molar-refractivity contribution in [1.29, 1.82) is 0 Å². The fourth-order valence-electron chi connectivity index (χ4n) is 3.38. The first-order chi connectivity index (χ1) is 14.2. The van der Waals surface area contributed by atoms with Crippen molar-refractivity contribution in [2.45, 2.75) is 19.3 Å². The van der Waals surface area contributed by atoms with E-state index in [0.29, 0.717) is 35.4 Å². The van der Waals surface area contributed by atoms with E-state index in [1.807, 2.05) is 35.2 Å². The predicted octanol–water partition coefficient (Wildman–Crippen LogP) is 3.67. The summed E-state index contributed by atoms with van der Waals surface area (Å²) in [5.74, 6) is 1.28. The molecular weight excluding hydrogens is 390 g/mol. The van der Waals surface area contributed by atoms with Crippen molar-refractivity contribution in [1.82, 2.24) is 25.0 Å². The van der Waals surface area contributed by atoms with E-state index in [0.717, 1.165) is 24.9 Å². The number of likely N-dealkylation sites (tertiary alicyclic amines) is 1. The number of piperidine rings is 1. The maximum absolute atomic E-state index is 12.6. The highest BCUT2D eigenvalue weighted by Crippen LogP contribution is 2.22. The average Bonchev–Trinajstić information content (AvgIpc) is 3.22. The highest BCUT2D eigenvalue weighted by molar-refractivity contribution is 6.30. The van der Waals surface area contributed by atoms with E-state index in [1.165, 1.54) is 0 Å². The second-order valence-corrected chi connectivity index (χ2v) is 7.42. The molecule has 7 nitrogen and oxygen atoms in total. The summed E-state index contributed by atoms with van der Waals surface area (Å²) in [6.45, 7) is 1.43. The normalized spacial score (nSPS) is 17.0. The van der Waals surface area contributed by atoms with Crippen LogP contribution in [-0.4, -0.2) is 44.0 Å². The van der Waals surface area contributed by atoms with Gasteiger partial charge in [-0.05, 0) is 42.5 Å². The van der Waals surface area contributed by atoms with E-state index in [1.54, 1.807) is 24.7 Å². The van der Waals surface area contributed by atoms with Gasteiger partial charge < -0.3 is 9.42 Å². The van der Waals surface area contributed by atoms with Gasteiger partial charge in [0.15, 0.2) is 0 Å². The molecule has 0 N–H and O–H groups in total. The summed E-state index contributed by atoms with van der Waals surface area (Å²) in [6, 6.07) is 7.38. The number of aromatic nitrogens is 4. The molecule has 8 heteroatoms. The van der Waals surface area contributed by atoms with Crippen LogP contribution in [-0.2, 0) is 11.2 Å². The van der Waals surface area contributed by atoms with Crippen LogP contribution in [0.25, 0.3) is 17.6 Å². The SMILES string of the molecule is O=C(/C=C\c1ccc(Cl)cc1)N1CCCC(Cc2nc(-c3cnccn3)no2)C1. The average molecular weight is 410 g/mol. The second kappa shape index (κ2) is 8.96. The lowest BCUT2D eigenvalue weighted by Crippen LogP contribution is -2.39. The number of hydrogen-bond donors (Lipinski definition) is 0. The van der Waals surface area contributed by atoms with Gasteiger partial charge in [-0.15, -0.1) is 0 Å². The standard InChI is InChI=1S/C21H20ClN5O2/c22-17-6-3-15(4-7-17)5-8-20(28)27-11-1-2-16(14-27)12-19-25-21(26-29-19)18-13-23-9-10-24-18/h3-10,13,16H,1-2,11-12,14H2/b8-5-. The Kier molecular flexibility index (Phi) is 5.95. The van der Waals surface area contributed by atoms with Gasteiger partial charge in [-0.1, -0.05) is 28.9 Å². The van der Waals surface area contributed by atoms with Gasteiger partial charge in [0, 0.05) is 43.0 Å². The molecule has 0 bridgehead atoms. The second-order valence-electron chi connectivity index (χ2n) is 6.98. The van der Waals surface area contributed by atoms with Crippen LogP contribution in [0.15, 0.2) is 53.5 Å². The number of hydrogen-bond acceptors (Lipinski definition) is 6. The molecule has 0 spiro atoms. The van der Waals surface area contributed by atoms with E-state index in [4.69, 9.17) is 16.1 Å². The van der Waals surface area contributed by atoms with Crippen molar-refractivity contribution in [2.24, 2.45) is 5.92 Å². The number of nitrogens with zero attached hydrogens (tertiary/aromatic N) is 5. The van der Waals surface area contributed by atoms with Crippen molar-refractivity contribution in [2.75, 3.05) is 13.1 Å². The largest absolute Gasteiger partial charge is 0.339 e. The van der Waals surface area contributed by atoms with Crippen molar-refractivity contribution < 1.29 is 9.32 Å². The first-order valence-corrected chi connectivity index (χ1v) is 9.87. The molecule has 0 saturated carbocycles. The Morgan fingerprint density at radius 3 is 2.93 bits per heavy atom. The Labute approximate surface area is 173 Å². The molecular formula is C21H20ClN5O2. The molecule has 1 saturated heterocycles. The van der Waals surface area contributed by atoms with E-state index in [2.05, 4.69) is 20.1 Å². The molecule has 1 aliphatic heterocycles. The van der Waals surface area contributed by atoms with E-state index in [-0.39, 0.29) is 11.8 Å². The third-order valence-corrected chi connectivity index (χ3v) is 5.09. The third-order valence-electron chi connectivity index (χ3n) is 4.84. The fourth-order valence-corrected chi connectivity index (χ4v) is 3.51. The predicted molar refractivity (Wildman–Crippen MR) is 109 cm³/mol. The van der Waals surface area contributed by atoms with Gasteiger partial charge in [0.25, 0.3) is 0 Å². The molecule has 1 aromatic carbocycles. The first kappa shape index (κ1) is 19.3. The van der Waals surface area contributed by atoms with E-state index >= 15 is 0 Å². The summed E-state index contributed by atoms with van der Waals surface area (Å²) in [6.07, 6.45) is 10.8. The number of carbonyl (C=O) groups excluding carboxylic acids is 1. The monoisotopic (exact) mass is 409 g/mol. The van der Waals surface area contributed by atoms with Crippen LogP contribution in [0.3, 0.4) is 0 Å². The summed E-state index contributed by atoms with van der Waals surface area (Å²) in [5, 5.41) is 4.66. The zero-order chi connectivity index (χ0) is 20.1. The molecule has 2 aromatic heterocycles. The lowest BCUT2D eigenvalue weighted by Gasteiger charge is -2.31. The maximum atomic E-state index is 12.6. The molecule has 1 atom stereocenters. The summed E-state index contributed by atoms with van der Waals surface area (Å²) in [7, 11) is 0. The molecule has 1 aliphatic rings. The van der Waals surface area contributed by atoms with Crippen LogP contribution in [0.2, 0.25) is 5.02 Å².